The molecular weight excluding hydrogens is 518 g/mol. The second kappa shape index (κ2) is 12.3. The van der Waals surface area contributed by atoms with Crippen molar-refractivity contribution >= 4 is 5.57 Å². The summed E-state index contributed by atoms with van der Waals surface area (Å²) in [6.07, 6.45) is 44.0. The number of hydrogen-bond donors (Lipinski definition) is 0. The van der Waals surface area contributed by atoms with E-state index in [9.17, 15) is 0 Å². The second-order valence-electron chi connectivity index (χ2n) is 12.8. The third-order valence-corrected chi connectivity index (χ3v) is 10.3. The van der Waals surface area contributed by atoms with Crippen molar-refractivity contribution < 1.29 is 0 Å². The van der Waals surface area contributed by atoms with E-state index in [2.05, 4.69) is 117 Å². The van der Waals surface area contributed by atoms with Crippen LogP contribution in [0.5, 0.6) is 0 Å². The fourth-order valence-electron chi connectivity index (χ4n) is 8.17. The third kappa shape index (κ3) is 5.47. The second-order valence-corrected chi connectivity index (χ2v) is 12.8. The third-order valence-electron chi connectivity index (χ3n) is 10.3. The smallest absolute Gasteiger partial charge is 0.0665 e. The summed E-state index contributed by atoms with van der Waals surface area (Å²) >= 11 is 0. The van der Waals surface area contributed by atoms with Crippen LogP contribution in [0.4, 0.5) is 0 Å². The standard InChI is InChI=1S/C42H43N/c1-3-4-17-36-29(2)41(35-27-22-30-13-8-9-16-34(30)28-35)37-18-10-11-19-38(37)42(36)33-25-23-32(24-26-33)40-21-12-20-39(43-40)31-14-6-5-7-15-31/h3-6,9,11-12,14,16-17,19-23,25-27,32,35,37,41H,1,7-8,10,13,15,18,24,28H2,2H3/b17-4-. The van der Waals surface area contributed by atoms with Gasteiger partial charge in [0.2, 0.25) is 0 Å². The van der Waals surface area contributed by atoms with Crippen LogP contribution in [0, 0.1) is 17.8 Å². The molecule has 1 nitrogen and oxygen atoms in total. The minimum Gasteiger partial charge on any atom is -0.253 e. The van der Waals surface area contributed by atoms with Crippen molar-refractivity contribution in [2.75, 3.05) is 0 Å². The summed E-state index contributed by atoms with van der Waals surface area (Å²) in [6.45, 7) is 6.43. The van der Waals surface area contributed by atoms with Crippen LogP contribution in [-0.4, -0.2) is 4.98 Å². The topological polar surface area (TPSA) is 12.9 Å². The van der Waals surface area contributed by atoms with Gasteiger partial charge in [-0.25, -0.2) is 0 Å². The molecule has 1 heteroatoms. The molecular formula is C42H43N. The van der Waals surface area contributed by atoms with Gasteiger partial charge in [-0.3, -0.25) is 4.98 Å². The molecule has 6 aliphatic rings. The van der Waals surface area contributed by atoms with Crippen molar-refractivity contribution in [1.29, 1.82) is 0 Å². The van der Waals surface area contributed by atoms with Crippen LogP contribution in [0.1, 0.15) is 75.6 Å². The lowest BCUT2D eigenvalue weighted by molar-refractivity contribution is 0.315. The first-order chi connectivity index (χ1) is 21.2. The number of hydrogen-bond acceptors (Lipinski definition) is 1. The van der Waals surface area contributed by atoms with Gasteiger partial charge >= 0.3 is 0 Å². The first kappa shape index (κ1) is 27.8. The molecule has 1 aromatic rings. The molecule has 0 spiro atoms. The number of fused-ring (bicyclic) bond motifs is 1. The molecule has 0 radical (unpaired) electrons. The van der Waals surface area contributed by atoms with Crippen LogP contribution in [0.25, 0.3) is 5.57 Å². The van der Waals surface area contributed by atoms with Gasteiger partial charge in [-0.2, -0.15) is 0 Å². The summed E-state index contributed by atoms with van der Waals surface area (Å²) in [6, 6.07) is 6.54. The minimum atomic E-state index is 0.304. The van der Waals surface area contributed by atoms with Crippen LogP contribution in [0.3, 0.4) is 0 Å². The van der Waals surface area contributed by atoms with Gasteiger partial charge in [0, 0.05) is 11.6 Å². The van der Waals surface area contributed by atoms with Gasteiger partial charge in [-0.1, -0.05) is 109 Å². The lowest BCUT2D eigenvalue weighted by Gasteiger charge is -2.43. The van der Waals surface area contributed by atoms with E-state index >= 15 is 0 Å². The fourth-order valence-corrected chi connectivity index (χ4v) is 8.17. The van der Waals surface area contributed by atoms with Crippen molar-refractivity contribution in [3.05, 3.63) is 166 Å². The first-order valence-electron chi connectivity index (χ1n) is 16.4. The van der Waals surface area contributed by atoms with Crippen LogP contribution in [0.2, 0.25) is 0 Å². The Labute approximate surface area is 258 Å². The molecule has 7 rings (SSSR count). The van der Waals surface area contributed by atoms with Crippen molar-refractivity contribution in [3.8, 4) is 0 Å². The summed E-state index contributed by atoms with van der Waals surface area (Å²) in [5.41, 5.74) is 14.0. The van der Waals surface area contributed by atoms with Crippen molar-refractivity contribution in [2.24, 2.45) is 17.8 Å². The van der Waals surface area contributed by atoms with E-state index in [0.717, 1.165) is 31.4 Å². The van der Waals surface area contributed by atoms with Crippen LogP contribution >= 0.6 is 0 Å². The van der Waals surface area contributed by atoms with Crippen molar-refractivity contribution in [1.82, 2.24) is 4.98 Å². The Kier molecular flexibility index (Phi) is 7.98. The van der Waals surface area contributed by atoms with E-state index < -0.39 is 0 Å². The van der Waals surface area contributed by atoms with Gasteiger partial charge < -0.3 is 0 Å². The summed E-state index contributed by atoms with van der Waals surface area (Å²) in [5.74, 6) is 1.91. The Morgan fingerprint density at radius 1 is 0.930 bits per heavy atom. The monoisotopic (exact) mass is 561 g/mol. The number of nitrogens with zero attached hydrogens (tertiary/aromatic N) is 1. The predicted octanol–water partition coefficient (Wildman–Crippen LogP) is 11.0. The zero-order valence-electron chi connectivity index (χ0n) is 25.5. The molecule has 0 aliphatic heterocycles. The highest BCUT2D eigenvalue weighted by molar-refractivity contribution is 5.67. The van der Waals surface area contributed by atoms with Gasteiger partial charge in [-0.15, -0.1) is 0 Å². The summed E-state index contributed by atoms with van der Waals surface area (Å²) < 4.78 is 0. The Balaban J connectivity index is 1.21. The Bertz CT molecular complexity index is 1650. The Morgan fingerprint density at radius 2 is 1.84 bits per heavy atom. The van der Waals surface area contributed by atoms with Crippen LogP contribution in [0.15, 0.2) is 155 Å². The van der Waals surface area contributed by atoms with E-state index in [-0.39, 0.29) is 0 Å². The molecule has 0 amide bonds. The number of pyridine rings is 1. The zero-order chi connectivity index (χ0) is 29.2. The molecule has 4 unspecified atom stereocenters. The maximum atomic E-state index is 5.13. The molecule has 43 heavy (non-hydrogen) atoms. The Hall–Kier alpha value is -3.97. The lowest BCUT2D eigenvalue weighted by Crippen LogP contribution is -2.32. The molecule has 4 atom stereocenters. The lowest BCUT2D eigenvalue weighted by atomic mass is 9.61. The first-order valence-corrected chi connectivity index (χ1v) is 16.4. The average molecular weight is 562 g/mol. The van der Waals surface area contributed by atoms with Crippen molar-refractivity contribution in [2.45, 2.75) is 64.2 Å². The van der Waals surface area contributed by atoms with Gasteiger partial charge in [-0.05, 0) is 127 Å². The summed E-state index contributed by atoms with van der Waals surface area (Å²) in [7, 11) is 0. The quantitative estimate of drug-likeness (QED) is 0.315. The molecule has 0 fully saturated rings. The van der Waals surface area contributed by atoms with E-state index in [1.54, 1.807) is 11.1 Å². The van der Waals surface area contributed by atoms with E-state index in [0.29, 0.717) is 23.7 Å². The highest BCUT2D eigenvalue weighted by Gasteiger charge is 2.39. The fraction of sp³-hybridized carbons (Fsp3) is 0.310. The highest BCUT2D eigenvalue weighted by atomic mass is 14.7. The SMILES string of the molecule is C=C/C=C\C1=C(C)C(C2C=CC3=C(C=CCC3)C2)C2CCC=CC2=C1C1=CCC(c2cccc(C3=CC=CCC3)n2)C=C1. The molecule has 1 aromatic heterocycles. The van der Waals surface area contributed by atoms with Gasteiger partial charge in [0.05, 0.1) is 5.69 Å². The molecule has 0 bridgehead atoms. The van der Waals surface area contributed by atoms with Gasteiger partial charge in [0.1, 0.15) is 0 Å². The van der Waals surface area contributed by atoms with Crippen LogP contribution < -0.4 is 0 Å². The molecule has 6 aliphatic carbocycles. The van der Waals surface area contributed by atoms with Crippen LogP contribution in [-0.2, 0) is 0 Å². The van der Waals surface area contributed by atoms with Crippen molar-refractivity contribution in [3.63, 3.8) is 0 Å². The molecule has 216 valence electrons. The van der Waals surface area contributed by atoms with E-state index in [1.807, 2.05) is 6.08 Å². The maximum Gasteiger partial charge on any atom is 0.0665 e. The molecule has 1 heterocycles. The normalized spacial score (nSPS) is 28.3. The highest BCUT2D eigenvalue weighted by Crippen LogP contribution is 2.52. The largest absolute Gasteiger partial charge is 0.253 e. The Morgan fingerprint density at radius 3 is 2.67 bits per heavy atom. The molecule has 0 saturated heterocycles. The average Bonchev–Trinajstić information content (AvgIpc) is 3.07. The minimum absolute atomic E-state index is 0.304. The van der Waals surface area contributed by atoms with E-state index in [4.69, 9.17) is 4.98 Å². The number of allylic oxidation sites excluding steroid dienone is 23. The zero-order valence-corrected chi connectivity index (χ0v) is 25.5. The van der Waals surface area contributed by atoms with E-state index in [1.165, 1.54) is 64.8 Å². The summed E-state index contributed by atoms with van der Waals surface area (Å²) in [5, 5.41) is 0. The summed E-state index contributed by atoms with van der Waals surface area (Å²) in [4.78, 5) is 5.13. The molecule has 0 aromatic carbocycles. The number of rotatable bonds is 6. The van der Waals surface area contributed by atoms with Gasteiger partial charge in [0.15, 0.2) is 0 Å². The van der Waals surface area contributed by atoms with Gasteiger partial charge in [0.25, 0.3) is 0 Å². The number of aromatic nitrogens is 1. The molecule has 0 saturated carbocycles. The molecule has 0 N–H and O–H groups in total. The predicted molar refractivity (Wildman–Crippen MR) is 182 cm³/mol. The maximum absolute atomic E-state index is 5.13.